The Morgan fingerprint density at radius 1 is 1.00 bits per heavy atom. The molecule has 0 saturated heterocycles. The molecule has 140 valence electrons. The monoisotopic (exact) mass is 362 g/mol. The summed E-state index contributed by atoms with van der Waals surface area (Å²) in [5.74, 6) is 2.48. The van der Waals surface area contributed by atoms with Crippen molar-refractivity contribution < 1.29 is 9.47 Å². The highest BCUT2D eigenvalue weighted by atomic mass is 16.5. The Kier molecular flexibility index (Phi) is 4.27. The number of fused-ring (bicyclic) bond motifs is 3. The molecule has 0 radical (unpaired) electrons. The number of ether oxygens (including phenoxy) is 2. The van der Waals surface area contributed by atoms with Crippen molar-refractivity contribution in [2.24, 2.45) is 11.0 Å². The van der Waals surface area contributed by atoms with Crippen LogP contribution in [0.3, 0.4) is 0 Å². The fraction of sp³-hybridized carbons (Fsp3) is 0.435. The molecule has 1 aliphatic carbocycles. The van der Waals surface area contributed by atoms with Crippen LogP contribution in [-0.2, 0) is 0 Å². The van der Waals surface area contributed by atoms with Crippen molar-refractivity contribution in [3.63, 3.8) is 0 Å². The Bertz CT molecular complexity index is 840. The number of nitrogens with zero attached hydrogens (tertiary/aromatic N) is 2. The zero-order chi connectivity index (χ0) is 18.2. The second-order valence-corrected chi connectivity index (χ2v) is 7.82. The first-order valence-electron chi connectivity index (χ1n) is 10.1. The molecular formula is C23H26N2O2. The second-order valence-electron chi connectivity index (χ2n) is 7.82. The fourth-order valence-electron chi connectivity index (χ4n) is 4.75. The van der Waals surface area contributed by atoms with E-state index < -0.39 is 0 Å². The number of benzene rings is 2. The predicted molar refractivity (Wildman–Crippen MR) is 106 cm³/mol. The van der Waals surface area contributed by atoms with Crippen molar-refractivity contribution in [1.82, 2.24) is 5.01 Å². The van der Waals surface area contributed by atoms with E-state index >= 15 is 0 Å². The molecule has 0 spiro atoms. The molecule has 2 atom stereocenters. The summed E-state index contributed by atoms with van der Waals surface area (Å²) < 4.78 is 11.8. The van der Waals surface area contributed by atoms with Gasteiger partial charge in [-0.15, -0.1) is 0 Å². The van der Waals surface area contributed by atoms with Gasteiger partial charge in [-0.2, -0.15) is 5.10 Å². The minimum atomic E-state index is 0.0564. The average Bonchev–Trinajstić information content (AvgIpc) is 3.19. The van der Waals surface area contributed by atoms with Crippen LogP contribution < -0.4 is 9.47 Å². The van der Waals surface area contributed by atoms with Gasteiger partial charge >= 0.3 is 0 Å². The molecule has 2 unspecified atom stereocenters. The van der Waals surface area contributed by atoms with E-state index in [1.165, 1.54) is 43.2 Å². The smallest absolute Gasteiger partial charge is 0.190 e. The Labute approximate surface area is 160 Å². The third-order valence-electron chi connectivity index (χ3n) is 6.21. The van der Waals surface area contributed by atoms with Gasteiger partial charge in [-0.25, -0.2) is 5.01 Å². The van der Waals surface area contributed by atoms with E-state index in [0.29, 0.717) is 5.92 Å². The molecule has 2 aromatic carbocycles. The summed E-state index contributed by atoms with van der Waals surface area (Å²) in [6.45, 7) is 0. The Morgan fingerprint density at radius 3 is 2.56 bits per heavy atom. The van der Waals surface area contributed by atoms with Crippen LogP contribution in [0, 0.1) is 5.92 Å². The molecule has 1 fully saturated rings. The van der Waals surface area contributed by atoms with Gasteiger partial charge in [0.1, 0.15) is 11.5 Å². The van der Waals surface area contributed by atoms with Crippen LogP contribution in [0.4, 0.5) is 0 Å². The van der Waals surface area contributed by atoms with Gasteiger partial charge in [0.15, 0.2) is 6.23 Å². The number of methoxy groups -OCH3 is 1. The van der Waals surface area contributed by atoms with Gasteiger partial charge in [0, 0.05) is 17.9 Å². The molecule has 2 aromatic rings. The summed E-state index contributed by atoms with van der Waals surface area (Å²) in [4.78, 5) is 0. The lowest BCUT2D eigenvalue weighted by molar-refractivity contribution is -0.0643. The molecule has 0 bridgehead atoms. The van der Waals surface area contributed by atoms with Crippen LogP contribution in [-0.4, -0.2) is 24.1 Å². The summed E-state index contributed by atoms with van der Waals surface area (Å²) >= 11 is 0. The molecule has 2 heterocycles. The van der Waals surface area contributed by atoms with Gasteiger partial charge in [0.25, 0.3) is 0 Å². The van der Waals surface area contributed by atoms with Gasteiger partial charge in [-0.1, -0.05) is 37.5 Å². The van der Waals surface area contributed by atoms with Crippen LogP contribution in [0.25, 0.3) is 0 Å². The molecule has 27 heavy (non-hydrogen) atoms. The van der Waals surface area contributed by atoms with Crippen LogP contribution in [0.2, 0.25) is 0 Å². The summed E-state index contributed by atoms with van der Waals surface area (Å²) in [7, 11) is 1.70. The van der Waals surface area contributed by atoms with Crippen molar-refractivity contribution in [3.8, 4) is 11.5 Å². The number of para-hydroxylation sites is 1. The van der Waals surface area contributed by atoms with E-state index in [1.54, 1.807) is 7.11 Å². The highest BCUT2D eigenvalue weighted by Crippen LogP contribution is 2.46. The minimum Gasteiger partial charge on any atom is -0.497 e. The molecule has 2 aliphatic heterocycles. The van der Waals surface area contributed by atoms with Gasteiger partial charge in [-0.05, 0) is 48.7 Å². The summed E-state index contributed by atoms with van der Waals surface area (Å²) in [6, 6.07) is 17.0. The first kappa shape index (κ1) is 16.7. The van der Waals surface area contributed by atoms with E-state index in [2.05, 4.69) is 41.4 Å². The van der Waals surface area contributed by atoms with Crippen molar-refractivity contribution in [2.45, 2.75) is 50.8 Å². The highest BCUT2D eigenvalue weighted by Gasteiger charge is 2.43. The average molecular weight is 362 g/mol. The lowest BCUT2D eigenvalue weighted by Crippen LogP contribution is -2.45. The molecular weight excluding hydrogens is 336 g/mol. The molecule has 0 aromatic heterocycles. The molecule has 0 amide bonds. The van der Waals surface area contributed by atoms with Crippen molar-refractivity contribution >= 4 is 5.71 Å². The van der Waals surface area contributed by atoms with Crippen LogP contribution in [0.5, 0.6) is 11.5 Å². The SMILES string of the molecule is COc1ccc(C2=NN3C(C2)c2ccccc2OC3C2CCCCC2)cc1. The maximum atomic E-state index is 6.50. The number of hydrazone groups is 1. The minimum absolute atomic E-state index is 0.0564. The second kappa shape index (κ2) is 6.91. The number of hydrogen-bond donors (Lipinski definition) is 0. The third kappa shape index (κ3) is 2.97. The lowest BCUT2D eigenvalue weighted by Gasteiger charge is -2.42. The van der Waals surface area contributed by atoms with Crippen LogP contribution >= 0.6 is 0 Å². The molecule has 4 heteroatoms. The van der Waals surface area contributed by atoms with E-state index in [9.17, 15) is 0 Å². The summed E-state index contributed by atoms with van der Waals surface area (Å²) in [5, 5.41) is 7.34. The van der Waals surface area contributed by atoms with Gasteiger partial charge in [0.05, 0.1) is 18.9 Å². The van der Waals surface area contributed by atoms with E-state index in [4.69, 9.17) is 14.6 Å². The Hall–Kier alpha value is -2.49. The van der Waals surface area contributed by atoms with Gasteiger partial charge in [-0.3, -0.25) is 0 Å². The van der Waals surface area contributed by atoms with E-state index in [0.717, 1.165) is 23.6 Å². The van der Waals surface area contributed by atoms with E-state index in [-0.39, 0.29) is 12.3 Å². The number of hydrogen-bond acceptors (Lipinski definition) is 4. The maximum absolute atomic E-state index is 6.50. The van der Waals surface area contributed by atoms with Crippen LogP contribution in [0.1, 0.15) is 55.7 Å². The quantitative estimate of drug-likeness (QED) is 0.758. The van der Waals surface area contributed by atoms with Crippen molar-refractivity contribution in [3.05, 3.63) is 59.7 Å². The molecule has 1 saturated carbocycles. The molecule has 5 rings (SSSR count). The van der Waals surface area contributed by atoms with E-state index in [1.807, 2.05) is 12.1 Å². The molecule has 3 aliphatic rings. The van der Waals surface area contributed by atoms with Gasteiger partial charge in [0.2, 0.25) is 0 Å². The first-order chi connectivity index (χ1) is 13.3. The topological polar surface area (TPSA) is 34.1 Å². The predicted octanol–water partition coefficient (Wildman–Crippen LogP) is 5.15. The van der Waals surface area contributed by atoms with Crippen molar-refractivity contribution in [1.29, 1.82) is 0 Å². The summed E-state index contributed by atoms with van der Waals surface area (Å²) in [5.41, 5.74) is 3.57. The summed E-state index contributed by atoms with van der Waals surface area (Å²) in [6.07, 6.45) is 7.42. The molecule has 4 nitrogen and oxygen atoms in total. The lowest BCUT2D eigenvalue weighted by atomic mass is 9.86. The Balaban J connectivity index is 1.50. The fourth-order valence-corrected chi connectivity index (χ4v) is 4.75. The maximum Gasteiger partial charge on any atom is 0.190 e. The largest absolute Gasteiger partial charge is 0.497 e. The molecule has 0 N–H and O–H groups in total. The third-order valence-corrected chi connectivity index (χ3v) is 6.21. The van der Waals surface area contributed by atoms with Gasteiger partial charge < -0.3 is 9.47 Å². The highest BCUT2D eigenvalue weighted by molar-refractivity contribution is 6.02. The first-order valence-corrected chi connectivity index (χ1v) is 10.1. The van der Waals surface area contributed by atoms with Crippen LogP contribution in [0.15, 0.2) is 53.6 Å². The Morgan fingerprint density at radius 2 is 1.78 bits per heavy atom. The zero-order valence-electron chi connectivity index (χ0n) is 15.8. The standard InChI is InChI=1S/C23H26N2O2/c1-26-18-13-11-16(12-14-18)20-15-21-19-9-5-6-10-22(19)27-23(25(21)24-20)17-7-3-2-4-8-17/h5-6,9-14,17,21,23H,2-4,7-8,15H2,1H3. The number of rotatable bonds is 3. The normalized spacial score (nSPS) is 24.6. The van der Waals surface area contributed by atoms with Crippen molar-refractivity contribution in [2.75, 3.05) is 7.11 Å². The zero-order valence-corrected chi connectivity index (χ0v) is 15.8.